The lowest BCUT2D eigenvalue weighted by atomic mass is 10.1. The molecular weight excluding hydrogens is 184 g/mol. The normalized spacial score (nSPS) is 15.1. The third kappa shape index (κ3) is 2.66. The number of hydrogen-bond donors (Lipinski definition) is 4. The van der Waals surface area contributed by atoms with Crippen LogP contribution in [0.25, 0.3) is 0 Å². The van der Waals surface area contributed by atoms with Crippen molar-refractivity contribution in [1.82, 2.24) is 4.98 Å². The second kappa shape index (κ2) is 4.90. The van der Waals surface area contributed by atoms with Gasteiger partial charge in [-0.2, -0.15) is 0 Å². The lowest BCUT2D eigenvalue weighted by Crippen LogP contribution is -2.23. The van der Waals surface area contributed by atoms with Gasteiger partial charge < -0.3 is 20.9 Å². The summed E-state index contributed by atoms with van der Waals surface area (Å²) in [4.78, 5) is 13.6. The first-order valence-electron chi connectivity index (χ1n) is 4.40. The predicted octanol–water partition coefficient (Wildman–Crippen LogP) is -0.882. The van der Waals surface area contributed by atoms with Crippen LogP contribution >= 0.6 is 0 Å². The van der Waals surface area contributed by atoms with Crippen molar-refractivity contribution in [3.8, 4) is 0 Å². The van der Waals surface area contributed by atoms with E-state index in [1.807, 2.05) is 0 Å². The Morgan fingerprint density at radius 2 is 2.21 bits per heavy atom. The van der Waals surface area contributed by atoms with E-state index in [0.717, 1.165) is 0 Å². The first kappa shape index (κ1) is 10.9. The van der Waals surface area contributed by atoms with Crippen LogP contribution < -0.4 is 11.2 Å². The molecule has 14 heavy (non-hydrogen) atoms. The van der Waals surface area contributed by atoms with Crippen LogP contribution in [0.3, 0.4) is 0 Å². The van der Waals surface area contributed by atoms with E-state index in [9.17, 15) is 15.0 Å². The molecule has 1 aromatic heterocycles. The van der Waals surface area contributed by atoms with Gasteiger partial charge >= 0.3 is 0 Å². The first-order chi connectivity index (χ1) is 6.65. The van der Waals surface area contributed by atoms with Crippen molar-refractivity contribution >= 4 is 0 Å². The third-order valence-corrected chi connectivity index (χ3v) is 1.94. The van der Waals surface area contributed by atoms with Crippen LogP contribution in [0, 0.1) is 0 Å². The maximum atomic E-state index is 10.9. The summed E-state index contributed by atoms with van der Waals surface area (Å²) in [6, 6.07) is 2.59. The summed E-state index contributed by atoms with van der Waals surface area (Å²) < 4.78 is 0. The van der Waals surface area contributed by atoms with Gasteiger partial charge in [0.1, 0.15) is 6.10 Å². The van der Waals surface area contributed by atoms with Crippen LogP contribution in [0.4, 0.5) is 0 Å². The van der Waals surface area contributed by atoms with E-state index in [0.29, 0.717) is 5.69 Å². The molecular formula is C9H14N2O3. The van der Waals surface area contributed by atoms with Gasteiger partial charge in [0.25, 0.3) is 0 Å². The summed E-state index contributed by atoms with van der Waals surface area (Å²) in [6.45, 7) is 0.287. The van der Waals surface area contributed by atoms with Crippen LogP contribution in [0.1, 0.15) is 18.2 Å². The van der Waals surface area contributed by atoms with Crippen molar-refractivity contribution in [2.45, 2.75) is 18.6 Å². The average Bonchev–Trinajstić information content (AvgIpc) is 2.17. The van der Waals surface area contributed by atoms with E-state index in [1.165, 1.54) is 18.3 Å². The number of aromatic amines is 1. The Morgan fingerprint density at radius 1 is 1.50 bits per heavy atom. The number of nitrogens with one attached hydrogen (secondary N) is 1. The topological polar surface area (TPSA) is 99.3 Å². The molecule has 5 nitrogen and oxygen atoms in total. The summed E-state index contributed by atoms with van der Waals surface area (Å²) >= 11 is 0. The number of pyridine rings is 1. The summed E-state index contributed by atoms with van der Waals surface area (Å²) in [5.41, 5.74) is 5.33. The van der Waals surface area contributed by atoms with E-state index in [1.54, 1.807) is 0 Å². The van der Waals surface area contributed by atoms with Crippen LogP contribution in [0.2, 0.25) is 0 Å². The monoisotopic (exact) mass is 198 g/mol. The van der Waals surface area contributed by atoms with Crippen molar-refractivity contribution in [1.29, 1.82) is 0 Å². The molecule has 0 saturated carbocycles. The molecule has 0 spiro atoms. The molecule has 0 bridgehead atoms. The van der Waals surface area contributed by atoms with Gasteiger partial charge in [0, 0.05) is 18.3 Å². The van der Waals surface area contributed by atoms with Crippen molar-refractivity contribution in [2.24, 2.45) is 5.73 Å². The summed E-state index contributed by atoms with van der Waals surface area (Å²) in [5, 5.41) is 19.0. The Balaban J connectivity index is 2.78. The minimum absolute atomic E-state index is 0.210. The summed E-state index contributed by atoms with van der Waals surface area (Å²) in [5.74, 6) is 0. The zero-order valence-corrected chi connectivity index (χ0v) is 7.68. The van der Waals surface area contributed by atoms with E-state index in [4.69, 9.17) is 5.73 Å². The number of nitrogens with two attached hydrogens (primary N) is 1. The lowest BCUT2D eigenvalue weighted by molar-refractivity contribution is 0.0124. The SMILES string of the molecule is NCCC(O)C(O)c1cc(=O)cc[nH]1. The number of aliphatic hydroxyl groups is 2. The smallest absolute Gasteiger partial charge is 0.181 e. The lowest BCUT2D eigenvalue weighted by Gasteiger charge is -2.16. The van der Waals surface area contributed by atoms with Gasteiger partial charge in [0.2, 0.25) is 0 Å². The van der Waals surface area contributed by atoms with Gasteiger partial charge in [-0.1, -0.05) is 0 Å². The number of aliphatic hydroxyl groups excluding tert-OH is 2. The molecule has 0 aliphatic heterocycles. The molecule has 78 valence electrons. The van der Waals surface area contributed by atoms with Gasteiger partial charge in [0.05, 0.1) is 11.8 Å². The fraction of sp³-hybridized carbons (Fsp3) is 0.444. The molecule has 1 rings (SSSR count). The number of rotatable bonds is 4. The number of hydrogen-bond acceptors (Lipinski definition) is 4. The molecule has 0 aliphatic carbocycles. The molecule has 0 saturated heterocycles. The second-order valence-electron chi connectivity index (χ2n) is 3.07. The Kier molecular flexibility index (Phi) is 3.82. The molecule has 1 heterocycles. The highest BCUT2D eigenvalue weighted by molar-refractivity contribution is 5.08. The molecule has 5 N–H and O–H groups in total. The van der Waals surface area contributed by atoms with Crippen molar-refractivity contribution in [2.75, 3.05) is 6.54 Å². The van der Waals surface area contributed by atoms with Crippen molar-refractivity contribution in [3.05, 3.63) is 34.2 Å². The maximum absolute atomic E-state index is 10.9. The zero-order chi connectivity index (χ0) is 10.6. The van der Waals surface area contributed by atoms with Gasteiger partial charge in [-0.15, -0.1) is 0 Å². The molecule has 2 unspecified atom stereocenters. The molecule has 0 radical (unpaired) electrons. The van der Waals surface area contributed by atoms with Crippen LogP contribution in [0.15, 0.2) is 23.1 Å². The van der Waals surface area contributed by atoms with Crippen molar-refractivity contribution in [3.63, 3.8) is 0 Å². The quantitative estimate of drug-likeness (QED) is 0.504. The fourth-order valence-electron chi connectivity index (χ4n) is 1.17. The second-order valence-corrected chi connectivity index (χ2v) is 3.07. The summed E-state index contributed by atoms with van der Waals surface area (Å²) in [6.07, 6.45) is -0.320. The average molecular weight is 198 g/mol. The third-order valence-electron chi connectivity index (χ3n) is 1.94. The standard InChI is InChI=1S/C9H14N2O3/c10-3-1-8(13)9(14)7-5-6(12)2-4-11-7/h2,4-5,8-9,13-14H,1,3,10H2,(H,11,12). The molecule has 0 aromatic carbocycles. The molecule has 1 aromatic rings. The van der Waals surface area contributed by atoms with Crippen LogP contribution in [-0.2, 0) is 0 Å². The minimum atomic E-state index is -1.09. The fourth-order valence-corrected chi connectivity index (χ4v) is 1.17. The van der Waals surface area contributed by atoms with Crippen LogP contribution in [-0.4, -0.2) is 27.8 Å². The largest absolute Gasteiger partial charge is 0.390 e. The van der Waals surface area contributed by atoms with E-state index >= 15 is 0 Å². The van der Waals surface area contributed by atoms with Crippen molar-refractivity contribution < 1.29 is 10.2 Å². The van der Waals surface area contributed by atoms with Gasteiger partial charge in [-0.25, -0.2) is 0 Å². The minimum Gasteiger partial charge on any atom is -0.390 e. The maximum Gasteiger partial charge on any atom is 0.181 e. The Bertz CT molecular complexity index is 337. The number of H-pyrrole nitrogens is 1. The highest BCUT2D eigenvalue weighted by Gasteiger charge is 2.17. The van der Waals surface area contributed by atoms with Crippen LogP contribution in [0.5, 0.6) is 0 Å². The van der Waals surface area contributed by atoms with E-state index < -0.39 is 12.2 Å². The predicted molar refractivity (Wildman–Crippen MR) is 51.7 cm³/mol. The Morgan fingerprint density at radius 3 is 2.79 bits per heavy atom. The van der Waals surface area contributed by atoms with Gasteiger partial charge in [0.15, 0.2) is 5.43 Å². The van der Waals surface area contributed by atoms with Gasteiger partial charge in [-0.05, 0) is 13.0 Å². The highest BCUT2D eigenvalue weighted by atomic mass is 16.3. The number of aromatic nitrogens is 1. The molecule has 5 heteroatoms. The van der Waals surface area contributed by atoms with E-state index in [-0.39, 0.29) is 18.4 Å². The van der Waals surface area contributed by atoms with E-state index in [2.05, 4.69) is 4.98 Å². The molecule has 0 aliphatic rings. The Labute approximate surface area is 81.2 Å². The molecule has 0 amide bonds. The zero-order valence-electron chi connectivity index (χ0n) is 7.68. The molecule has 0 fully saturated rings. The van der Waals surface area contributed by atoms with Gasteiger partial charge in [-0.3, -0.25) is 4.79 Å². The highest BCUT2D eigenvalue weighted by Crippen LogP contribution is 2.14. The molecule has 2 atom stereocenters. The first-order valence-corrected chi connectivity index (χ1v) is 4.40. The Hall–Kier alpha value is -1.17. The summed E-state index contributed by atoms with van der Waals surface area (Å²) in [7, 11) is 0.